The predicted octanol–water partition coefficient (Wildman–Crippen LogP) is 6.59. The summed E-state index contributed by atoms with van der Waals surface area (Å²) < 4.78 is 9.59. The van der Waals surface area contributed by atoms with Gasteiger partial charge in [0.05, 0.1) is 0 Å². The normalized spacial score (nSPS) is 32.5. The molecular weight excluding hydrogens is 328 g/mol. The van der Waals surface area contributed by atoms with Crippen LogP contribution in [0.15, 0.2) is 47.9 Å². The molecule has 5 rings (SSSR count). The highest BCUT2D eigenvalue weighted by Crippen LogP contribution is 2.50. The van der Waals surface area contributed by atoms with Gasteiger partial charge >= 0.3 is 0 Å². The first-order valence-electron chi connectivity index (χ1n) is 11.6. The van der Waals surface area contributed by atoms with Gasteiger partial charge in [-0.05, 0) is 63.0 Å². The van der Waals surface area contributed by atoms with Crippen molar-refractivity contribution in [2.24, 2.45) is 17.7 Å². The lowest BCUT2D eigenvalue weighted by Crippen LogP contribution is -2.43. The van der Waals surface area contributed by atoms with Gasteiger partial charge in [-0.3, -0.25) is 0 Å². The Morgan fingerprint density at radius 3 is 2.30 bits per heavy atom. The molecule has 0 bridgehead atoms. The van der Waals surface area contributed by atoms with Crippen molar-refractivity contribution in [3.8, 4) is 0 Å². The average molecular weight is 364 g/mol. The van der Waals surface area contributed by atoms with Crippen LogP contribution in [-0.4, -0.2) is 11.1 Å². The van der Waals surface area contributed by atoms with Gasteiger partial charge in [-0.2, -0.15) is 0 Å². The van der Waals surface area contributed by atoms with E-state index in [2.05, 4.69) is 60.2 Å². The van der Waals surface area contributed by atoms with E-state index >= 15 is 0 Å². The quantitative estimate of drug-likeness (QED) is 0.598. The monoisotopic (exact) mass is 363 g/mol. The van der Waals surface area contributed by atoms with Crippen LogP contribution >= 0.6 is 0 Å². The molecule has 1 aromatic rings. The fourth-order valence-corrected chi connectivity index (χ4v) is 6.11. The Morgan fingerprint density at radius 2 is 1.56 bits per heavy atom. The Kier molecular flexibility index (Phi) is 4.24. The minimum absolute atomic E-state index is 0.352. The molecule has 2 heterocycles. The number of rotatable bonds is 3. The Hall–Kier alpha value is -1.70. The van der Waals surface area contributed by atoms with E-state index in [1.165, 1.54) is 80.4 Å². The first kappa shape index (κ1) is 16.3. The summed E-state index contributed by atoms with van der Waals surface area (Å²) in [6.45, 7) is 4.51. The van der Waals surface area contributed by atoms with Crippen molar-refractivity contribution in [1.82, 2.24) is 4.90 Å². The summed E-state index contributed by atoms with van der Waals surface area (Å²) in [6, 6.07) is 8.81. The molecule has 2 aliphatic heterocycles. The largest absolute Gasteiger partial charge is 0.328 e. The third kappa shape index (κ3) is 2.83. The lowest BCUT2D eigenvalue weighted by atomic mass is 9.79. The minimum atomic E-state index is -0.543. The second-order valence-corrected chi connectivity index (χ2v) is 9.06. The summed E-state index contributed by atoms with van der Waals surface area (Å²) in [5, 5.41) is 0. The van der Waals surface area contributed by atoms with Crippen molar-refractivity contribution >= 4 is 5.69 Å². The molecule has 2 heteroatoms. The van der Waals surface area contributed by atoms with Crippen LogP contribution < -0.4 is 4.90 Å². The molecule has 2 fully saturated rings. The molecule has 2 atom stereocenters. The van der Waals surface area contributed by atoms with E-state index in [1.54, 1.807) is 0 Å². The molecule has 0 aromatic heterocycles. The number of nitrogens with zero attached hydrogens (tertiary/aromatic N) is 2. The smallest absolute Gasteiger partial charge is 0.113 e. The minimum Gasteiger partial charge on any atom is -0.328 e. The number of hydrogen-bond donors (Lipinski definition) is 0. The number of aryl methyl sites for hydroxylation is 1. The lowest BCUT2D eigenvalue weighted by Gasteiger charge is -2.37. The fourth-order valence-electron chi connectivity index (χ4n) is 6.11. The SMILES string of the molecule is [2H]C1(C2CCCCC2)C=CN2C1=C(C)N(c1ccccc1C)C2C1CCCC1. The van der Waals surface area contributed by atoms with Crippen LogP contribution in [0.25, 0.3) is 0 Å². The summed E-state index contributed by atoms with van der Waals surface area (Å²) in [5.74, 6) is 0.609. The number of para-hydroxylation sites is 1. The molecule has 0 radical (unpaired) electrons. The number of allylic oxidation sites excluding steroid dienone is 2. The van der Waals surface area contributed by atoms with E-state index in [1.807, 2.05) is 0 Å². The van der Waals surface area contributed by atoms with E-state index in [0.717, 1.165) is 0 Å². The topological polar surface area (TPSA) is 6.48 Å². The highest BCUT2D eigenvalue weighted by atomic mass is 15.4. The molecule has 27 heavy (non-hydrogen) atoms. The molecule has 144 valence electrons. The van der Waals surface area contributed by atoms with Gasteiger partial charge in [0.1, 0.15) is 6.17 Å². The van der Waals surface area contributed by atoms with Crippen LogP contribution in [0.5, 0.6) is 0 Å². The zero-order valence-electron chi connectivity index (χ0n) is 18.0. The van der Waals surface area contributed by atoms with Crippen molar-refractivity contribution in [1.29, 1.82) is 0 Å². The maximum atomic E-state index is 9.59. The van der Waals surface area contributed by atoms with Gasteiger partial charge in [0.15, 0.2) is 0 Å². The van der Waals surface area contributed by atoms with Gasteiger partial charge < -0.3 is 9.80 Å². The second kappa shape index (κ2) is 7.04. The first-order chi connectivity index (χ1) is 13.6. The Morgan fingerprint density at radius 1 is 0.889 bits per heavy atom. The molecule has 1 aromatic carbocycles. The molecule has 2 unspecified atom stereocenters. The Balaban J connectivity index is 1.60. The lowest BCUT2D eigenvalue weighted by molar-refractivity contribution is 0.244. The van der Waals surface area contributed by atoms with E-state index in [4.69, 9.17) is 0 Å². The van der Waals surface area contributed by atoms with Crippen LogP contribution in [0.4, 0.5) is 5.69 Å². The van der Waals surface area contributed by atoms with Crippen LogP contribution in [0.2, 0.25) is 0 Å². The van der Waals surface area contributed by atoms with Gasteiger partial charge in [0, 0.05) is 30.5 Å². The number of benzene rings is 1. The number of anilines is 1. The molecular formula is C25H34N2. The molecule has 2 saturated carbocycles. The fraction of sp³-hybridized carbons (Fsp3) is 0.600. The van der Waals surface area contributed by atoms with Gasteiger partial charge in [-0.1, -0.05) is 56.4 Å². The summed E-state index contributed by atoms with van der Waals surface area (Å²) in [7, 11) is 0. The molecule has 0 saturated heterocycles. The molecule has 0 amide bonds. The van der Waals surface area contributed by atoms with Gasteiger partial charge in [-0.25, -0.2) is 0 Å². The van der Waals surface area contributed by atoms with E-state index in [0.29, 0.717) is 18.0 Å². The second-order valence-electron chi connectivity index (χ2n) is 9.06. The van der Waals surface area contributed by atoms with Gasteiger partial charge in [0.25, 0.3) is 0 Å². The molecule has 4 aliphatic rings. The van der Waals surface area contributed by atoms with Crippen molar-refractivity contribution in [3.05, 3.63) is 53.5 Å². The first-order valence-corrected chi connectivity index (χ1v) is 11.1. The third-order valence-electron chi connectivity index (χ3n) is 7.44. The van der Waals surface area contributed by atoms with E-state index in [-0.39, 0.29) is 0 Å². The van der Waals surface area contributed by atoms with Crippen molar-refractivity contribution in [3.63, 3.8) is 0 Å². The summed E-state index contributed by atoms with van der Waals surface area (Å²) >= 11 is 0. The van der Waals surface area contributed by atoms with E-state index < -0.39 is 5.89 Å². The zero-order valence-corrected chi connectivity index (χ0v) is 17.0. The molecule has 2 aliphatic carbocycles. The molecule has 2 nitrogen and oxygen atoms in total. The van der Waals surface area contributed by atoms with Crippen molar-refractivity contribution < 1.29 is 1.37 Å². The molecule has 0 spiro atoms. The third-order valence-corrected chi connectivity index (χ3v) is 7.44. The van der Waals surface area contributed by atoms with Gasteiger partial charge in [-0.15, -0.1) is 0 Å². The summed E-state index contributed by atoms with van der Waals surface area (Å²) in [6.07, 6.45) is 16.5. The van der Waals surface area contributed by atoms with Crippen LogP contribution in [0.1, 0.15) is 71.6 Å². The standard InChI is InChI=1S/C25H34N2/c1-18-10-6-9-15-23(18)27-19(2)24-22(20-11-4-3-5-12-20)16-17-26(24)25(27)21-13-7-8-14-21/h6,9-10,15-17,20-22,25H,3-5,7-8,11-14H2,1-2H3/i22D. The zero-order chi connectivity index (χ0) is 19.3. The Labute approximate surface area is 166 Å². The van der Waals surface area contributed by atoms with E-state index in [9.17, 15) is 1.37 Å². The predicted molar refractivity (Wildman–Crippen MR) is 113 cm³/mol. The van der Waals surface area contributed by atoms with Crippen molar-refractivity contribution in [2.45, 2.75) is 77.8 Å². The Bertz CT molecular complexity index is 801. The van der Waals surface area contributed by atoms with Gasteiger partial charge in [0.2, 0.25) is 0 Å². The van der Waals surface area contributed by atoms with Crippen LogP contribution in [0, 0.1) is 24.7 Å². The number of hydrogen-bond acceptors (Lipinski definition) is 2. The van der Waals surface area contributed by atoms with Crippen LogP contribution in [-0.2, 0) is 0 Å². The highest BCUT2D eigenvalue weighted by molar-refractivity contribution is 5.62. The maximum Gasteiger partial charge on any atom is 0.113 e. The van der Waals surface area contributed by atoms with Crippen LogP contribution in [0.3, 0.4) is 0 Å². The van der Waals surface area contributed by atoms with Crippen molar-refractivity contribution in [2.75, 3.05) is 4.90 Å². The maximum absolute atomic E-state index is 9.59. The average Bonchev–Trinajstić information content (AvgIpc) is 3.42. The number of fused-ring (bicyclic) bond motifs is 1. The highest BCUT2D eigenvalue weighted by Gasteiger charge is 2.47. The summed E-state index contributed by atoms with van der Waals surface area (Å²) in [4.78, 5) is 5.11. The molecule has 0 N–H and O–H groups in total. The summed E-state index contributed by atoms with van der Waals surface area (Å²) in [5.41, 5.74) is 5.26.